The van der Waals surface area contributed by atoms with Crippen LogP contribution < -0.4 is 10.1 Å². The van der Waals surface area contributed by atoms with E-state index in [0.29, 0.717) is 18.0 Å². The van der Waals surface area contributed by atoms with E-state index in [2.05, 4.69) is 10.3 Å². The molecule has 0 saturated heterocycles. The molecule has 0 unspecified atom stereocenters. The maximum absolute atomic E-state index is 11.9. The maximum atomic E-state index is 11.9. The van der Waals surface area contributed by atoms with Gasteiger partial charge in [-0.25, -0.2) is 4.98 Å². The molecule has 0 atom stereocenters. The van der Waals surface area contributed by atoms with Crippen LogP contribution in [0, 0.1) is 5.92 Å². The van der Waals surface area contributed by atoms with Gasteiger partial charge in [-0.2, -0.15) is 0 Å². The minimum atomic E-state index is 0.0302. The van der Waals surface area contributed by atoms with Crippen LogP contribution in [-0.2, 0) is 4.79 Å². The van der Waals surface area contributed by atoms with Gasteiger partial charge in [0.1, 0.15) is 0 Å². The number of hydrogen-bond acceptors (Lipinski definition) is 3. The van der Waals surface area contributed by atoms with Crippen molar-refractivity contribution in [3.05, 3.63) is 18.3 Å². The number of amides is 1. The van der Waals surface area contributed by atoms with Crippen LogP contribution in [-0.4, -0.2) is 18.0 Å². The lowest BCUT2D eigenvalue weighted by molar-refractivity contribution is -0.116. The molecule has 1 N–H and O–H groups in total. The summed E-state index contributed by atoms with van der Waals surface area (Å²) in [5.41, 5.74) is 0. The summed E-state index contributed by atoms with van der Waals surface area (Å²) in [4.78, 5) is 16.0. The van der Waals surface area contributed by atoms with E-state index in [4.69, 9.17) is 4.74 Å². The molecule has 0 radical (unpaired) electrons. The highest BCUT2D eigenvalue weighted by atomic mass is 16.5. The van der Waals surface area contributed by atoms with Crippen LogP contribution in [0.3, 0.4) is 0 Å². The lowest BCUT2D eigenvalue weighted by Crippen LogP contribution is -2.16. The van der Waals surface area contributed by atoms with Crippen LogP contribution in [0.1, 0.15) is 44.9 Å². The van der Waals surface area contributed by atoms with Crippen molar-refractivity contribution in [2.24, 2.45) is 5.92 Å². The van der Waals surface area contributed by atoms with Crippen LogP contribution in [0.25, 0.3) is 0 Å². The smallest absolute Gasteiger partial charge is 0.225 e. The van der Waals surface area contributed by atoms with Gasteiger partial charge in [-0.15, -0.1) is 0 Å². The Morgan fingerprint density at radius 2 is 2.21 bits per heavy atom. The molecule has 1 saturated carbocycles. The molecule has 2 rings (SSSR count). The molecular weight excluding hydrogens is 240 g/mol. The van der Waals surface area contributed by atoms with Crippen molar-refractivity contribution in [2.75, 3.05) is 12.4 Å². The van der Waals surface area contributed by atoms with E-state index in [-0.39, 0.29) is 5.91 Å². The number of methoxy groups -OCH3 is 1. The maximum Gasteiger partial charge on any atom is 0.225 e. The second kappa shape index (κ2) is 7.12. The fourth-order valence-electron chi connectivity index (χ4n) is 2.65. The summed E-state index contributed by atoms with van der Waals surface area (Å²) in [6.07, 6.45) is 9.76. The molecule has 1 aliphatic carbocycles. The molecule has 19 heavy (non-hydrogen) atoms. The Hall–Kier alpha value is -1.58. The summed E-state index contributed by atoms with van der Waals surface area (Å²) >= 11 is 0. The zero-order valence-electron chi connectivity index (χ0n) is 11.5. The van der Waals surface area contributed by atoms with Crippen LogP contribution in [0.2, 0.25) is 0 Å². The topological polar surface area (TPSA) is 51.2 Å². The summed E-state index contributed by atoms with van der Waals surface area (Å²) in [7, 11) is 1.58. The van der Waals surface area contributed by atoms with Gasteiger partial charge in [0.25, 0.3) is 0 Å². The van der Waals surface area contributed by atoms with Crippen molar-refractivity contribution in [3.63, 3.8) is 0 Å². The average Bonchev–Trinajstić information content (AvgIpc) is 2.47. The molecule has 4 heteroatoms. The van der Waals surface area contributed by atoms with Gasteiger partial charge in [0, 0.05) is 12.6 Å². The summed E-state index contributed by atoms with van der Waals surface area (Å²) in [6, 6.07) is 3.58. The van der Waals surface area contributed by atoms with E-state index in [1.165, 1.54) is 32.1 Å². The Morgan fingerprint density at radius 1 is 1.42 bits per heavy atom. The third kappa shape index (κ3) is 4.23. The van der Waals surface area contributed by atoms with E-state index >= 15 is 0 Å². The highest BCUT2D eigenvalue weighted by Gasteiger charge is 2.15. The minimum Gasteiger partial charge on any atom is -0.493 e. The Morgan fingerprint density at radius 3 is 2.95 bits per heavy atom. The normalized spacial score (nSPS) is 16.1. The van der Waals surface area contributed by atoms with Gasteiger partial charge in [0.2, 0.25) is 5.91 Å². The monoisotopic (exact) mass is 262 g/mol. The van der Waals surface area contributed by atoms with Crippen LogP contribution in [0.15, 0.2) is 18.3 Å². The fourth-order valence-corrected chi connectivity index (χ4v) is 2.65. The number of rotatable bonds is 5. The van der Waals surface area contributed by atoms with E-state index < -0.39 is 0 Å². The molecule has 1 aliphatic rings. The first kappa shape index (κ1) is 13.8. The van der Waals surface area contributed by atoms with Gasteiger partial charge >= 0.3 is 0 Å². The van der Waals surface area contributed by atoms with E-state index in [1.54, 1.807) is 25.4 Å². The van der Waals surface area contributed by atoms with Crippen molar-refractivity contribution < 1.29 is 9.53 Å². The summed E-state index contributed by atoms with van der Waals surface area (Å²) in [5, 5.41) is 2.83. The highest BCUT2D eigenvalue weighted by Crippen LogP contribution is 2.27. The SMILES string of the molecule is COc1cccnc1NC(=O)CCC1CCCCC1. The van der Waals surface area contributed by atoms with Crippen LogP contribution in [0.5, 0.6) is 5.75 Å². The Kier molecular flexibility index (Phi) is 5.19. The van der Waals surface area contributed by atoms with Gasteiger partial charge in [-0.05, 0) is 24.5 Å². The average molecular weight is 262 g/mol. The van der Waals surface area contributed by atoms with Crippen molar-refractivity contribution in [2.45, 2.75) is 44.9 Å². The number of carbonyl (C=O) groups excluding carboxylic acids is 1. The van der Waals surface area contributed by atoms with Gasteiger partial charge in [0.15, 0.2) is 11.6 Å². The Labute approximate surface area is 114 Å². The summed E-state index contributed by atoms with van der Waals surface area (Å²) in [5.74, 6) is 1.87. The molecule has 0 bridgehead atoms. The fraction of sp³-hybridized carbons (Fsp3) is 0.600. The van der Waals surface area contributed by atoms with Crippen molar-refractivity contribution in [1.82, 2.24) is 4.98 Å². The lowest BCUT2D eigenvalue weighted by atomic mass is 9.86. The first-order valence-corrected chi connectivity index (χ1v) is 7.08. The first-order valence-electron chi connectivity index (χ1n) is 7.08. The van der Waals surface area contributed by atoms with Gasteiger partial charge in [-0.1, -0.05) is 32.1 Å². The zero-order valence-corrected chi connectivity index (χ0v) is 11.5. The summed E-state index contributed by atoms with van der Waals surface area (Å²) in [6.45, 7) is 0. The lowest BCUT2D eigenvalue weighted by Gasteiger charge is -2.21. The molecule has 1 heterocycles. The van der Waals surface area contributed by atoms with Gasteiger partial charge in [0.05, 0.1) is 7.11 Å². The minimum absolute atomic E-state index is 0.0302. The van der Waals surface area contributed by atoms with E-state index in [1.807, 2.05) is 0 Å². The molecule has 1 amide bonds. The number of hydrogen-bond donors (Lipinski definition) is 1. The molecule has 4 nitrogen and oxygen atoms in total. The Balaban J connectivity index is 1.80. The van der Waals surface area contributed by atoms with Crippen LogP contribution in [0.4, 0.5) is 5.82 Å². The molecule has 1 fully saturated rings. The molecule has 1 aromatic rings. The quantitative estimate of drug-likeness (QED) is 0.885. The molecule has 0 spiro atoms. The largest absolute Gasteiger partial charge is 0.493 e. The second-order valence-corrected chi connectivity index (χ2v) is 5.15. The van der Waals surface area contributed by atoms with Gasteiger partial charge < -0.3 is 10.1 Å². The zero-order chi connectivity index (χ0) is 13.5. The molecule has 0 aliphatic heterocycles. The number of pyridine rings is 1. The van der Waals surface area contributed by atoms with Crippen molar-refractivity contribution >= 4 is 11.7 Å². The number of nitrogens with zero attached hydrogens (tertiary/aromatic N) is 1. The second-order valence-electron chi connectivity index (χ2n) is 5.15. The predicted octanol–water partition coefficient (Wildman–Crippen LogP) is 3.39. The highest BCUT2D eigenvalue weighted by molar-refractivity contribution is 5.91. The Bertz CT molecular complexity index is 414. The number of carbonyl (C=O) groups is 1. The third-order valence-electron chi connectivity index (χ3n) is 3.75. The van der Waals surface area contributed by atoms with E-state index in [0.717, 1.165) is 12.3 Å². The summed E-state index contributed by atoms with van der Waals surface area (Å²) < 4.78 is 5.16. The molecule has 0 aromatic carbocycles. The third-order valence-corrected chi connectivity index (χ3v) is 3.75. The number of aromatic nitrogens is 1. The first-order chi connectivity index (χ1) is 9.29. The number of nitrogens with one attached hydrogen (secondary N) is 1. The van der Waals surface area contributed by atoms with Crippen LogP contribution >= 0.6 is 0 Å². The molecular formula is C15H22N2O2. The predicted molar refractivity (Wildman–Crippen MR) is 75.2 cm³/mol. The molecule has 104 valence electrons. The van der Waals surface area contributed by atoms with E-state index in [9.17, 15) is 4.79 Å². The van der Waals surface area contributed by atoms with Crippen molar-refractivity contribution in [1.29, 1.82) is 0 Å². The molecule has 1 aromatic heterocycles. The van der Waals surface area contributed by atoms with Crippen molar-refractivity contribution in [3.8, 4) is 5.75 Å². The number of ether oxygens (including phenoxy) is 1. The standard InChI is InChI=1S/C15H22N2O2/c1-19-13-8-5-11-16-15(13)17-14(18)10-9-12-6-3-2-4-7-12/h5,8,11-12H,2-4,6-7,9-10H2,1H3,(H,16,17,18). The van der Waals surface area contributed by atoms with Gasteiger partial charge in [-0.3, -0.25) is 4.79 Å². The number of anilines is 1.